The van der Waals surface area contributed by atoms with Gasteiger partial charge in [0.1, 0.15) is 29.8 Å². The molecular weight excluding hydrogens is 621 g/mol. The zero-order valence-electron chi connectivity index (χ0n) is 31.2. The van der Waals surface area contributed by atoms with Crippen molar-refractivity contribution in [2.24, 2.45) is 0 Å². The molecule has 7 heteroatoms. The van der Waals surface area contributed by atoms with Crippen LogP contribution in [-0.4, -0.2) is 70.3 Å². The highest BCUT2D eigenvalue weighted by Crippen LogP contribution is 2.50. The highest BCUT2D eigenvalue weighted by Gasteiger charge is 2.49. The number of benzene rings is 2. The van der Waals surface area contributed by atoms with Crippen LogP contribution < -0.4 is 9.47 Å². The lowest BCUT2D eigenvalue weighted by molar-refractivity contribution is -0.149. The van der Waals surface area contributed by atoms with Crippen molar-refractivity contribution in [1.29, 1.82) is 0 Å². The van der Waals surface area contributed by atoms with Crippen molar-refractivity contribution in [2.75, 3.05) is 46.8 Å². The van der Waals surface area contributed by atoms with Crippen LogP contribution >= 0.6 is 11.8 Å². The van der Waals surface area contributed by atoms with E-state index >= 15 is 0 Å². The summed E-state index contributed by atoms with van der Waals surface area (Å²) < 4.78 is 38.9. The molecule has 0 bridgehead atoms. The number of ether oxygens (including phenoxy) is 6. The van der Waals surface area contributed by atoms with Gasteiger partial charge in [0.05, 0.1) is 30.8 Å². The average molecular weight is 687 g/mol. The van der Waals surface area contributed by atoms with Crippen molar-refractivity contribution in [3.63, 3.8) is 0 Å². The highest BCUT2D eigenvalue weighted by atomic mass is 32.2. The van der Waals surface area contributed by atoms with E-state index in [4.69, 9.17) is 28.4 Å². The van der Waals surface area contributed by atoms with Crippen LogP contribution in [0.15, 0.2) is 36.4 Å². The van der Waals surface area contributed by atoms with Crippen LogP contribution in [0.5, 0.6) is 11.5 Å². The van der Waals surface area contributed by atoms with E-state index in [0.717, 1.165) is 95.3 Å². The molecule has 1 fully saturated rings. The van der Waals surface area contributed by atoms with E-state index < -0.39 is 0 Å². The third kappa shape index (κ3) is 12.8. The first-order valence-electron chi connectivity index (χ1n) is 19.0. The third-order valence-electron chi connectivity index (χ3n) is 9.07. The van der Waals surface area contributed by atoms with E-state index in [1.165, 1.54) is 22.3 Å². The smallest absolute Gasteiger partial charge is 0.123 e. The van der Waals surface area contributed by atoms with Gasteiger partial charge in [-0.25, -0.2) is 0 Å². The van der Waals surface area contributed by atoms with Crippen LogP contribution in [0.25, 0.3) is 0 Å². The molecule has 0 aromatic heterocycles. The van der Waals surface area contributed by atoms with Gasteiger partial charge in [0.25, 0.3) is 0 Å². The van der Waals surface area contributed by atoms with Crippen LogP contribution in [0, 0.1) is 6.92 Å². The van der Waals surface area contributed by atoms with Gasteiger partial charge in [-0.15, -0.1) is 11.8 Å². The molecule has 48 heavy (non-hydrogen) atoms. The molecule has 5 atom stereocenters. The van der Waals surface area contributed by atoms with E-state index in [0.29, 0.717) is 26.4 Å². The van der Waals surface area contributed by atoms with Gasteiger partial charge < -0.3 is 28.4 Å². The van der Waals surface area contributed by atoms with Crippen molar-refractivity contribution in [3.8, 4) is 11.5 Å². The monoisotopic (exact) mass is 686 g/mol. The Kier molecular flexibility index (Phi) is 20.0. The molecular formula is C41H66O6S. The third-order valence-corrected chi connectivity index (χ3v) is 10.6. The zero-order valence-corrected chi connectivity index (χ0v) is 32.0. The molecule has 0 aliphatic carbocycles. The standard InChI is InChI=1S/C41H66O6S/c1-8-13-22-43-30-37-38(45-24-15-10-3)39(46-25-16-11-4)40(47-26-17-12-5)41(48-37)35-29-33(28-32-18-20-34(42-7)21-19-32)31(6)27-36(35)44-23-14-9-2/h18-21,27,29,37-41H,8-17,22-26,28,30H2,1-7H3/t37-,38-,39+,40-,41+/m1/s1. The molecule has 0 N–H and O–H groups in total. The van der Waals surface area contributed by atoms with Crippen molar-refractivity contribution in [1.82, 2.24) is 0 Å². The molecule has 0 unspecified atom stereocenters. The first-order valence-corrected chi connectivity index (χ1v) is 19.9. The van der Waals surface area contributed by atoms with Crippen LogP contribution in [0.1, 0.15) is 126 Å². The molecule has 3 rings (SSSR count). The summed E-state index contributed by atoms with van der Waals surface area (Å²) in [5.41, 5.74) is 4.98. The summed E-state index contributed by atoms with van der Waals surface area (Å²) in [4.78, 5) is 0. The molecule has 0 radical (unpaired) electrons. The van der Waals surface area contributed by atoms with Crippen LogP contribution in [0.2, 0.25) is 0 Å². The van der Waals surface area contributed by atoms with Gasteiger partial charge in [-0.05, 0) is 80.3 Å². The second kappa shape index (κ2) is 23.6. The predicted molar refractivity (Wildman–Crippen MR) is 201 cm³/mol. The van der Waals surface area contributed by atoms with Gasteiger partial charge in [0.15, 0.2) is 0 Å². The minimum Gasteiger partial charge on any atom is -0.497 e. The van der Waals surface area contributed by atoms with Gasteiger partial charge >= 0.3 is 0 Å². The lowest BCUT2D eigenvalue weighted by Gasteiger charge is -2.46. The molecule has 6 nitrogen and oxygen atoms in total. The summed E-state index contributed by atoms with van der Waals surface area (Å²) >= 11 is 1.95. The fraction of sp³-hybridized carbons (Fsp3) is 0.707. The van der Waals surface area contributed by atoms with E-state index in [9.17, 15) is 0 Å². The van der Waals surface area contributed by atoms with Crippen molar-refractivity contribution in [2.45, 2.75) is 141 Å². The van der Waals surface area contributed by atoms with Crippen LogP contribution in [0.3, 0.4) is 0 Å². The Morgan fingerprint density at radius 2 is 1.21 bits per heavy atom. The molecule has 0 saturated carbocycles. The summed E-state index contributed by atoms with van der Waals surface area (Å²) in [5.74, 6) is 1.84. The molecule has 1 saturated heterocycles. The summed E-state index contributed by atoms with van der Waals surface area (Å²) in [6.07, 6.45) is 10.9. The summed E-state index contributed by atoms with van der Waals surface area (Å²) in [6, 6.07) is 13.1. The Labute approximate surface area is 297 Å². The molecule has 1 heterocycles. The Morgan fingerprint density at radius 3 is 1.81 bits per heavy atom. The SMILES string of the molecule is CCCCOC[C@H]1S[C@@H](c2cc(Cc3ccc(OC)cc3)c(C)cc2OCCCC)[C@H](OCCCC)[C@@H](OCCCC)[C@@H]1OCCCC. The maximum atomic E-state index is 6.92. The number of aryl methyl sites for hydroxylation is 1. The number of methoxy groups -OCH3 is 1. The minimum atomic E-state index is -0.203. The Bertz CT molecular complexity index is 1120. The van der Waals surface area contributed by atoms with E-state index in [-0.39, 0.29) is 28.8 Å². The minimum absolute atomic E-state index is 0.00567. The van der Waals surface area contributed by atoms with E-state index in [1.807, 2.05) is 23.9 Å². The normalized spacial score (nSPS) is 21.0. The fourth-order valence-electron chi connectivity index (χ4n) is 5.98. The first kappa shape index (κ1) is 40.7. The summed E-state index contributed by atoms with van der Waals surface area (Å²) in [7, 11) is 1.71. The molecule has 2 aromatic rings. The molecule has 272 valence electrons. The van der Waals surface area contributed by atoms with Crippen molar-refractivity contribution in [3.05, 3.63) is 58.7 Å². The fourth-order valence-corrected chi connectivity index (χ4v) is 7.64. The lowest BCUT2D eigenvalue weighted by Crippen LogP contribution is -2.55. The lowest BCUT2D eigenvalue weighted by atomic mass is 9.91. The molecule has 2 aromatic carbocycles. The van der Waals surface area contributed by atoms with Crippen LogP contribution in [0.4, 0.5) is 0 Å². The summed E-state index contributed by atoms with van der Waals surface area (Å²) in [6.45, 7) is 17.5. The summed E-state index contributed by atoms with van der Waals surface area (Å²) in [5, 5.41) is 0.113. The molecule has 1 aliphatic rings. The van der Waals surface area contributed by atoms with Gasteiger partial charge in [0.2, 0.25) is 0 Å². The Morgan fingerprint density at radius 1 is 0.646 bits per heavy atom. The number of thioether (sulfide) groups is 1. The van der Waals surface area contributed by atoms with Crippen LogP contribution in [-0.2, 0) is 25.4 Å². The van der Waals surface area contributed by atoms with Gasteiger partial charge in [-0.3, -0.25) is 0 Å². The van der Waals surface area contributed by atoms with Gasteiger partial charge in [-0.1, -0.05) is 84.9 Å². The topological polar surface area (TPSA) is 55.4 Å². The molecule has 0 spiro atoms. The second-order valence-corrected chi connectivity index (χ2v) is 14.5. The van der Waals surface area contributed by atoms with E-state index in [1.54, 1.807) is 7.11 Å². The molecule has 1 aliphatic heterocycles. The molecule has 0 amide bonds. The number of rotatable bonds is 25. The largest absolute Gasteiger partial charge is 0.497 e. The van der Waals surface area contributed by atoms with Crippen molar-refractivity contribution < 1.29 is 28.4 Å². The number of hydrogen-bond acceptors (Lipinski definition) is 7. The quantitative estimate of drug-likeness (QED) is 0.0964. The number of hydrogen-bond donors (Lipinski definition) is 0. The van der Waals surface area contributed by atoms with Gasteiger partial charge in [-0.2, -0.15) is 0 Å². The van der Waals surface area contributed by atoms with Gasteiger partial charge in [0, 0.05) is 32.0 Å². The maximum absolute atomic E-state index is 6.92. The zero-order chi connectivity index (χ0) is 34.6. The Balaban J connectivity index is 2.12. The highest BCUT2D eigenvalue weighted by molar-refractivity contribution is 8.00. The van der Waals surface area contributed by atoms with E-state index in [2.05, 4.69) is 65.8 Å². The average Bonchev–Trinajstić information content (AvgIpc) is 3.09. The van der Waals surface area contributed by atoms with Crippen molar-refractivity contribution >= 4 is 11.8 Å². The second-order valence-electron chi connectivity index (χ2n) is 13.1. The Hall–Kier alpha value is -1.77. The first-order chi connectivity index (χ1) is 23.5. The maximum Gasteiger partial charge on any atom is 0.123 e. The number of unbranched alkanes of at least 4 members (excludes halogenated alkanes) is 5. The predicted octanol–water partition coefficient (Wildman–Crippen LogP) is 10.3.